The molecular weight excluding hydrogens is 547 g/mol. The number of nitrogens with one attached hydrogen (secondary N) is 2. The molecule has 1 aliphatic heterocycles. The predicted molar refractivity (Wildman–Crippen MR) is 163 cm³/mol. The first-order chi connectivity index (χ1) is 18.5. The number of benzene rings is 2. The van der Waals surface area contributed by atoms with Gasteiger partial charge < -0.3 is 16.4 Å². The van der Waals surface area contributed by atoms with E-state index in [0.29, 0.717) is 25.2 Å². The average molecular weight is 582 g/mol. The lowest BCUT2D eigenvalue weighted by atomic mass is 9.99. The second kappa shape index (κ2) is 14.0. The van der Waals surface area contributed by atoms with E-state index in [4.69, 9.17) is 5.73 Å². The predicted octanol–water partition coefficient (Wildman–Crippen LogP) is 4.44. The average Bonchev–Trinajstić information content (AvgIpc) is 3.36. The van der Waals surface area contributed by atoms with Crippen LogP contribution in [-0.2, 0) is 30.6 Å². The first-order valence-corrected chi connectivity index (χ1v) is 12.9. The molecule has 0 unspecified atom stereocenters. The van der Waals surface area contributed by atoms with Crippen molar-refractivity contribution in [2.45, 2.75) is 51.2 Å². The number of carbonyl (C=O) groups excluding carboxylic acids is 1. The molecule has 0 bridgehead atoms. The number of rotatable bonds is 9. The minimum absolute atomic E-state index is 0. The van der Waals surface area contributed by atoms with Gasteiger partial charge in [-0.1, -0.05) is 66.7 Å². The van der Waals surface area contributed by atoms with Crippen LogP contribution in [0.3, 0.4) is 0 Å². The Balaban J connectivity index is 0.00000220. The largest absolute Gasteiger partial charge is 0.384 e. The molecule has 40 heavy (non-hydrogen) atoms. The van der Waals surface area contributed by atoms with Crippen molar-refractivity contribution >= 4 is 42.4 Å². The molecule has 1 aliphatic rings. The van der Waals surface area contributed by atoms with Crippen LogP contribution < -0.4 is 21.9 Å². The number of nitrogens with zero attached hydrogens (tertiary/aromatic N) is 3. The van der Waals surface area contributed by atoms with E-state index in [9.17, 15) is 9.59 Å². The molecule has 210 valence electrons. The summed E-state index contributed by atoms with van der Waals surface area (Å²) >= 11 is 0. The van der Waals surface area contributed by atoms with Gasteiger partial charge in [0.05, 0.1) is 0 Å². The van der Waals surface area contributed by atoms with Crippen LogP contribution in [0.5, 0.6) is 0 Å². The van der Waals surface area contributed by atoms with Crippen molar-refractivity contribution in [1.82, 2.24) is 19.9 Å². The molecule has 0 saturated carbocycles. The molecule has 0 spiro atoms. The minimum Gasteiger partial charge on any atom is -0.384 e. The number of hydrogen-bond acceptors (Lipinski definition) is 6. The zero-order chi connectivity index (χ0) is 26.5. The smallest absolute Gasteiger partial charge is 0.294 e. The molecule has 2 aromatic carbocycles. The third-order valence-electron chi connectivity index (χ3n) is 7.02. The number of amides is 1. The zero-order valence-corrected chi connectivity index (χ0v) is 23.9. The molecular formula is C30H34Cl2N6O2. The lowest BCUT2D eigenvalue weighted by Crippen LogP contribution is -2.38. The Labute approximate surface area is 246 Å². The van der Waals surface area contributed by atoms with Gasteiger partial charge in [-0.25, -0.2) is 9.97 Å². The van der Waals surface area contributed by atoms with Crippen LogP contribution >= 0.6 is 24.8 Å². The van der Waals surface area contributed by atoms with Gasteiger partial charge in [0.2, 0.25) is 5.91 Å². The van der Waals surface area contributed by atoms with Crippen molar-refractivity contribution in [1.29, 1.82) is 0 Å². The van der Waals surface area contributed by atoms with E-state index in [1.54, 1.807) is 16.8 Å². The van der Waals surface area contributed by atoms with Crippen LogP contribution in [0.15, 0.2) is 83.8 Å². The zero-order valence-electron chi connectivity index (χ0n) is 22.2. The molecule has 4 N–H and O–H groups in total. The van der Waals surface area contributed by atoms with Gasteiger partial charge in [0.25, 0.3) is 5.56 Å². The standard InChI is InChI=1S/C30H32N6O2.2ClH/c1-20-23(12-15-27(31)34-20)18-33-29(37)26-14-13-25-19-32-28(30(38)36(25)26)35-24(16-21-8-4-2-5-9-21)17-22-10-6-3-7-11-22;;/h2-12,15,19,24,26H,13-14,16-18H2,1H3,(H2,31,34)(H,32,35)(H,33,37);2*1H/t26-;;/m0../s1. The highest BCUT2D eigenvalue weighted by molar-refractivity contribution is 5.85. The Morgan fingerprint density at radius 1 is 1.00 bits per heavy atom. The molecule has 0 fully saturated rings. The highest BCUT2D eigenvalue weighted by atomic mass is 35.5. The van der Waals surface area contributed by atoms with Crippen LogP contribution in [0.2, 0.25) is 0 Å². The number of pyridine rings is 1. The van der Waals surface area contributed by atoms with Crippen molar-refractivity contribution in [3.63, 3.8) is 0 Å². The first-order valence-electron chi connectivity index (χ1n) is 12.9. The molecule has 0 aliphatic carbocycles. The summed E-state index contributed by atoms with van der Waals surface area (Å²) in [6.45, 7) is 2.18. The van der Waals surface area contributed by atoms with E-state index in [1.807, 2.05) is 49.4 Å². The van der Waals surface area contributed by atoms with Gasteiger partial charge in [-0.05, 0) is 55.4 Å². The summed E-state index contributed by atoms with van der Waals surface area (Å²) in [5, 5.41) is 6.38. The van der Waals surface area contributed by atoms with Gasteiger partial charge in [-0.3, -0.25) is 14.2 Å². The van der Waals surface area contributed by atoms with E-state index in [-0.39, 0.29) is 48.1 Å². The summed E-state index contributed by atoms with van der Waals surface area (Å²) in [7, 11) is 0. The molecule has 3 heterocycles. The van der Waals surface area contributed by atoms with Crippen LogP contribution in [0.4, 0.5) is 11.6 Å². The molecule has 4 aromatic rings. The van der Waals surface area contributed by atoms with E-state index in [1.165, 1.54) is 11.1 Å². The summed E-state index contributed by atoms with van der Waals surface area (Å²) in [4.78, 5) is 35.5. The summed E-state index contributed by atoms with van der Waals surface area (Å²) in [5.74, 6) is 0.521. The highest BCUT2D eigenvalue weighted by Crippen LogP contribution is 2.24. The number of halogens is 2. The van der Waals surface area contributed by atoms with Crippen molar-refractivity contribution in [2.24, 2.45) is 0 Å². The van der Waals surface area contributed by atoms with Crippen molar-refractivity contribution in [3.8, 4) is 0 Å². The SMILES string of the molecule is Cc1nc(N)ccc1CNC(=O)[C@@H]1CCc2cnc(NC(Cc3ccccc3)Cc3ccccc3)c(=O)n21.Cl.Cl. The second-order valence-corrected chi connectivity index (χ2v) is 9.75. The van der Waals surface area contributed by atoms with Gasteiger partial charge in [0.15, 0.2) is 5.82 Å². The third kappa shape index (κ3) is 7.20. The summed E-state index contributed by atoms with van der Waals surface area (Å²) in [5.41, 5.74) is 10.2. The number of fused-ring (bicyclic) bond motifs is 1. The number of anilines is 2. The Bertz CT molecular complexity index is 1440. The fourth-order valence-electron chi connectivity index (χ4n) is 5.05. The third-order valence-corrected chi connectivity index (χ3v) is 7.02. The van der Waals surface area contributed by atoms with Gasteiger partial charge >= 0.3 is 0 Å². The lowest BCUT2D eigenvalue weighted by molar-refractivity contribution is -0.124. The van der Waals surface area contributed by atoms with Crippen LogP contribution in [0.25, 0.3) is 0 Å². The summed E-state index contributed by atoms with van der Waals surface area (Å²) in [6.07, 6.45) is 4.37. The van der Waals surface area contributed by atoms with E-state index in [0.717, 1.165) is 29.8 Å². The maximum absolute atomic E-state index is 13.6. The molecule has 10 heteroatoms. The van der Waals surface area contributed by atoms with Crippen molar-refractivity contribution in [3.05, 3.63) is 117 Å². The maximum Gasteiger partial charge on any atom is 0.294 e. The second-order valence-electron chi connectivity index (χ2n) is 9.75. The van der Waals surface area contributed by atoms with E-state index < -0.39 is 6.04 Å². The van der Waals surface area contributed by atoms with Gasteiger partial charge in [0, 0.05) is 30.2 Å². The molecule has 0 saturated heterocycles. The normalized spacial score (nSPS) is 13.6. The van der Waals surface area contributed by atoms with Gasteiger partial charge in [-0.15, -0.1) is 24.8 Å². The number of aryl methyl sites for hydroxylation is 2. The minimum atomic E-state index is -0.579. The topological polar surface area (TPSA) is 115 Å². The molecule has 8 nitrogen and oxygen atoms in total. The Morgan fingerprint density at radius 3 is 2.23 bits per heavy atom. The lowest BCUT2D eigenvalue weighted by Gasteiger charge is -2.21. The molecule has 0 radical (unpaired) electrons. The van der Waals surface area contributed by atoms with Crippen LogP contribution in [0.1, 0.15) is 40.5 Å². The van der Waals surface area contributed by atoms with E-state index in [2.05, 4.69) is 44.9 Å². The maximum atomic E-state index is 13.6. The van der Waals surface area contributed by atoms with Crippen LogP contribution in [-0.4, -0.2) is 26.5 Å². The summed E-state index contributed by atoms with van der Waals surface area (Å²) < 4.78 is 1.60. The van der Waals surface area contributed by atoms with Crippen LogP contribution in [0, 0.1) is 6.92 Å². The number of carbonyl (C=O) groups is 1. The number of nitrogen functional groups attached to an aromatic ring is 1. The Hall–Kier alpha value is -3.88. The first kappa shape index (κ1) is 30.7. The number of aromatic nitrogens is 3. The van der Waals surface area contributed by atoms with Crippen molar-refractivity contribution in [2.75, 3.05) is 11.1 Å². The van der Waals surface area contributed by atoms with Gasteiger partial charge in [-0.2, -0.15) is 0 Å². The number of nitrogens with two attached hydrogens (primary N) is 1. The van der Waals surface area contributed by atoms with Crippen molar-refractivity contribution < 1.29 is 4.79 Å². The molecule has 5 rings (SSSR count). The van der Waals surface area contributed by atoms with E-state index >= 15 is 0 Å². The Kier molecular flexibility index (Phi) is 10.7. The highest BCUT2D eigenvalue weighted by Gasteiger charge is 2.31. The molecule has 1 amide bonds. The fraction of sp³-hybridized carbons (Fsp3) is 0.267. The van der Waals surface area contributed by atoms with Gasteiger partial charge in [0.1, 0.15) is 11.9 Å². The monoisotopic (exact) mass is 580 g/mol. The number of hydrogen-bond donors (Lipinski definition) is 3. The molecule has 2 aromatic heterocycles. The molecule has 1 atom stereocenters. The fourth-order valence-corrected chi connectivity index (χ4v) is 5.05. The Morgan fingerprint density at radius 2 is 1.62 bits per heavy atom. The quantitative estimate of drug-likeness (QED) is 0.269. The summed E-state index contributed by atoms with van der Waals surface area (Å²) in [6, 6.07) is 23.3.